The number of nitrogens with zero attached hydrogens (tertiary/aromatic N) is 1. The number of ether oxygens (including phenoxy) is 1. The number of hydrogen-bond donors (Lipinski definition) is 2. The van der Waals surface area contributed by atoms with Crippen LogP contribution in [0.4, 0.5) is 4.79 Å². The number of carbonyl (C=O) groups is 2. The van der Waals surface area contributed by atoms with Crippen molar-refractivity contribution in [2.24, 2.45) is 5.73 Å². The van der Waals surface area contributed by atoms with Gasteiger partial charge in [0.2, 0.25) is 0 Å². The largest absolute Gasteiger partial charge is 0.490 e. The number of urea groups is 1. The van der Waals surface area contributed by atoms with Gasteiger partial charge in [-0.05, 0) is 38.5 Å². The molecule has 1 atom stereocenters. The first-order valence-corrected chi connectivity index (χ1v) is 7.56. The van der Waals surface area contributed by atoms with E-state index in [-0.39, 0.29) is 18.1 Å². The first-order chi connectivity index (χ1) is 10.4. The summed E-state index contributed by atoms with van der Waals surface area (Å²) in [7, 11) is 0. The Morgan fingerprint density at radius 2 is 2.18 bits per heavy atom. The van der Waals surface area contributed by atoms with Crippen LogP contribution in [0, 0.1) is 0 Å². The Balaban J connectivity index is 2.09. The molecule has 1 aromatic rings. The van der Waals surface area contributed by atoms with E-state index in [1.54, 1.807) is 18.2 Å². The van der Waals surface area contributed by atoms with Gasteiger partial charge in [0.05, 0.1) is 11.7 Å². The van der Waals surface area contributed by atoms with Crippen molar-refractivity contribution in [3.05, 3.63) is 28.8 Å². The summed E-state index contributed by atoms with van der Waals surface area (Å²) in [6.07, 6.45) is 0.625. The number of hydrogen-bond acceptors (Lipinski definition) is 3. The van der Waals surface area contributed by atoms with Gasteiger partial charge < -0.3 is 20.7 Å². The molecule has 0 spiro atoms. The quantitative estimate of drug-likeness (QED) is 0.888. The van der Waals surface area contributed by atoms with Crippen LogP contribution in [0.25, 0.3) is 0 Å². The molecule has 0 radical (unpaired) electrons. The predicted octanol–water partition coefficient (Wildman–Crippen LogP) is 2.01. The van der Waals surface area contributed by atoms with Gasteiger partial charge in [-0.25, -0.2) is 4.79 Å². The molecule has 6 nitrogen and oxygen atoms in total. The van der Waals surface area contributed by atoms with Gasteiger partial charge in [-0.1, -0.05) is 11.6 Å². The molecule has 1 saturated heterocycles. The van der Waals surface area contributed by atoms with Crippen LogP contribution in [-0.2, 0) is 0 Å². The number of primary amides is 1. The molecule has 7 heteroatoms. The van der Waals surface area contributed by atoms with E-state index < -0.39 is 6.03 Å². The molecule has 0 bridgehead atoms. The lowest BCUT2D eigenvalue weighted by Crippen LogP contribution is -2.40. The van der Waals surface area contributed by atoms with Crippen molar-refractivity contribution in [2.75, 3.05) is 13.1 Å². The van der Waals surface area contributed by atoms with Crippen LogP contribution >= 0.6 is 11.6 Å². The number of rotatable bonds is 4. The molecule has 0 saturated carbocycles. The summed E-state index contributed by atoms with van der Waals surface area (Å²) in [6, 6.07) is 4.35. The first-order valence-electron chi connectivity index (χ1n) is 7.18. The number of benzene rings is 1. The van der Waals surface area contributed by atoms with Crippen LogP contribution in [0.15, 0.2) is 18.2 Å². The van der Waals surface area contributed by atoms with E-state index in [0.29, 0.717) is 35.8 Å². The summed E-state index contributed by atoms with van der Waals surface area (Å²) in [6.45, 7) is 4.74. The zero-order valence-electron chi connectivity index (χ0n) is 12.6. The van der Waals surface area contributed by atoms with E-state index in [1.165, 1.54) is 4.90 Å². The van der Waals surface area contributed by atoms with Gasteiger partial charge in [-0.15, -0.1) is 0 Å². The summed E-state index contributed by atoms with van der Waals surface area (Å²) >= 11 is 5.97. The molecule has 1 aliphatic heterocycles. The van der Waals surface area contributed by atoms with Gasteiger partial charge in [-0.3, -0.25) is 4.79 Å². The van der Waals surface area contributed by atoms with Crippen LogP contribution in [0.5, 0.6) is 5.75 Å². The van der Waals surface area contributed by atoms with Crippen molar-refractivity contribution in [1.29, 1.82) is 0 Å². The lowest BCUT2D eigenvalue weighted by molar-refractivity contribution is 0.0932. The molecule has 120 valence electrons. The second-order valence-electron chi connectivity index (χ2n) is 5.55. The summed E-state index contributed by atoms with van der Waals surface area (Å²) in [5.74, 6) is 0.219. The van der Waals surface area contributed by atoms with Gasteiger partial charge in [0.25, 0.3) is 5.91 Å². The Kier molecular flexibility index (Phi) is 5.13. The third-order valence-electron chi connectivity index (χ3n) is 3.38. The van der Waals surface area contributed by atoms with Crippen molar-refractivity contribution in [3.8, 4) is 5.75 Å². The molecule has 2 rings (SSSR count). The zero-order valence-corrected chi connectivity index (χ0v) is 13.4. The number of halogens is 1. The number of likely N-dealkylation sites (tertiary alicyclic amines) is 1. The third-order valence-corrected chi connectivity index (χ3v) is 3.62. The number of carbonyl (C=O) groups excluding carboxylic acids is 2. The molecule has 1 fully saturated rings. The van der Waals surface area contributed by atoms with Gasteiger partial charge in [0, 0.05) is 24.2 Å². The number of nitrogens with one attached hydrogen (secondary N) is 1. The SMILES string of the molecule is CC(C)Oc1ccc(Cl)cc1C(=O)NC1CCN(C(N)=O)C1. The van der Waals surface area contributed by atoms with Crippen LogP contribution in [0.3, 0.4) is 0 Å². The molecular weight excluding hydrogens is 306 g/mol. The Hall–Kier alpha value is -1.95. The van der Waals surface area contributed by atoms with Gasteiger partial charge >= 0.3 is 6.03 Å². The van der Waals surface area contributed by atoms with Crippen molar-refractivity contribution >= 4 is 23.5 Å². The maximum Gasteiger partial charge on any atom is 0.314 e. The molecule has 1 aliphatic rings. The molecule has 3 N–H and O–H groups in total. The maximum absolute atomic E-state index is 12.4. The Labute approximate surface area is 134 Å². The minimum absolute atomic E-state index is 0.0513. The van der Waals surface area contributed by atoms with Crippen LogP contribution in [-0.4, -0.2) is 42.1 Å². The van der Waals surface area contributed by atoms with Crippen LogP contribution < -0.4 is 15.8 Å². The summed E-state index contributed by atoms with van der Waals surface area (Å²) < 4.78 is 5.64. The molecular formula is C15H20ClN3O3. The molecule has 22 heavy (non-hydrogen) atoms. The molecule has 1 unspecified atom stereocenters. The molecule has 3 amide bonds. The maximum atomic E-state index is 12.4. The van der Waals surface area contributed by atoms with Crippen molar-refractivity contribution in [3.63, 3.8) is 0 Å². The van der Waals surface area contributed by atoms with E-state index >= 15 is 0 Å². The summed E-state index contributed by atoms with van der Waals surface area (Å²) in [5, 5.41) is 3.36. The minimum Gasteiger partial charge on any atom is -0.490 e. The monoisotopic (exact) mass is 325 g/mol. The zero-order chi connectivity index (χ0) is 16.3. The second-order valence-corrected chi connectivity index (χ2v) is 5.99. The minimum atomic E-state index is -0.469. The predicted molar refractivity (Wildman–Crippen MR) is 84.2 cm³/mol. The molecule has 0 aromatic heterocycles. The number of amides is 3. The van der Waals surface area contributed by atoms with Crippen molar-refractivity contribution in [1.82, 2.24) is 10.2 Å². The normalized spacial score (nSPS) is 17.6. The second kappa shape index (κ2) is 6.87. The fourth-order valence-corrected chi connectivity index (χ4v) is 2.55. The van der Waals surface area contributed by atoms with E-state index in [2.05, 4.69) is 5.32 Å². The van der Waals surface area contributed by atoms with Gasteiger partial charge in [0.1, 0.15) is 5.75 Å². The average molecular weight is 326 g/mol. The highest BCUT2D eigenvalue weighted by Gasteiger charge is 2.27. The topological polar surface area (TPSA) is 84.7 Å². The van der Waals surface area contributed by atoms with E-state index in [4.69, 9.17) is 22.1 Å². The first kappa shape index (κ1) is 16.4. The third kappa shape index (κ3) is 4.04. The highest BCUT2D eigenvalue weighted by molar-refractivity contribution is 6.31. The number of nitrogens with two attached hydrogens (primary N) is 1. The molecule has 1 aromatic carbocycles. The standard InChI is InChI=1S/C15H20ClN3O3/c1-9(2)22-13-4-3-10(16)7-12(13)14(20)18-11-5-6-19(8-11)15(17)21/h3-4,7,9,11H,5-6,8H2,1-2H3,(H2,17,21)(H,18,20). The Bertz CT molecular complexity index is 577. The molecule has 1 heterocycles. The molecule has 0 aliphatic carbocycles. The Morgan fingerprint density at radius 3 is 2.77 bits per heavy atom. The van der Waals surface area contributed by atoms with Crippen LogP contribution in [0.2, 0.25) is 5.02 Å². The van der Waals surface area contributed by atoms with Crippen LogP contribution in [0.1, 0.15) is 30.6 Å². The highest BCUT2D eigenvalue weighted by Crippen LogP contribution is 2.24. The fourth-order valence-electron chi connectivity index (χ4n) is 2.38. The summed E-state index contributed by atoms with van der Waals surface area (Å²) in [4.78, 5) is 25.1. The van der Waals surface area contributed by atoms with Gasteiger partial charge in [-0.2, -0.15) is 0 Å². The lowest BCUT2D eigenvalue weighted by atomic mass is 10.1. The fraction of sp³-hybridized carbons (Fsp3) is 0.467. The van der Waals surface area contributed by atoms with E-state index in [9.17, 15) is 9.59 Å². The summed E-state index contributed by atoms with van der Waals surface area (Å²) in [5.41, 5.74) is 5.63. The average Bonchev–Trinajstić information content (AvgIpc) is 2.89. The Morgan fingerprint density at radius 1 is 1.45 bits per heavy atom. The lowest BCUT2D eigenvalue weighted by Gasteiger charge is -2.17. The van der Waals surface area contributed by atoms with Gasteiger partial charge in [0.15, 0.2) is 0 Å². The van der Waals surface area contributed by atoms with Crippen molar-refractivity contribution < 1.29 is 14.3 Å². The smallest absolute Gasteiger partial charge is 0.314 e. The van der Waals surface area contributed by atoms with E-state index in [1.807, 2.05) is 13.8 Å². The van der Waals surface area contributed by atoms with Crippen molar-refractivity contribution in [2.45, 2.75) is 32.4 Å². The highest BCUT2D eigenvalue weighted by atomic mass is 35.5. The van der Waals surface area contributed by atoms with E-state index in [0.717, 1.165) is 0 Å².